The molecule has 6 nitrogen and oxygen atoms in total. The summed E-state index contributed by atoms with van der Waals surface area (Å²) in [6.07, 6.45) is -2.83. The minimum absolute atomic E-state index is 0.358. The van der Waals surface area contributed by atoms with E-state index >= 15 is 0 Å². The lowest BCUT2D eigenvalue weighted by atomic mass is 10.0. The Morgan fingerprint density at radius 1 is 0.348 bits per heavy atom. The average Bonchev–Trinajstić information content (AvgIpc) is 3.10. The van der Waals surface area contributed by atoms with Crippen LogP contribution in [0, 0.1) is 0 Å². The summed E-state index contributed by atoms with van der Waals surface area (Å²) in [5, 5.41) is 44.4. The quantitative estimate of drug-likeness (QED) is 0.105. The standard InChI is InChI=1S/C40H44N2O4/c43-37(33-16-5-1-6-17-33)27-41(28-38(44)34-18-7-2-8-19-34)25-31-14-13-15-32(24-31)26-42(29-39(45)35-20-9-3-10-21-35)30-40(46)36-22-11-4-12-23-36/h1-24,37-40,43-46H,25-30H2/t37-,38-,39-,40-/m0/s1. The topological polar surface area (TPSA) is 87.4 Å². The van der Waals surface area contributed by atoms with Gasteiger partial charge in [0, 0.05) is 39.3 Å². The van der Waals surface area contributed by atoms with Crippen molar-refractivity contribution in [1.29, 1.82) is 0 Å². The molecule has 0 bridgehead atoms. The number of aliphatic hydroxyl groups excluding tert-OH is 4. The molecule has 0 heterocycles. The SMILES string of the molecule is O[C@@H](CN(Cc1cccc(CN(C[C@H](O)c2ccccc2)C[C@H](O)c2ccccc2)c1)C[C@H](O)c1ccccc1)c1ccccc1. The maximum atomic E-state index is 11.1. The van der Waals surface area contributed by atoms with E-state index in [0.717, 1.165) is 33.4 Å². The average molecular weight is 617 g/mol. The van der Waals surface area contributed by atoms with Crippen LogP contribution in [0.3, 0.4) is 0 Å². The Morgan fingerprint density at radius 2 is 0.609 bits per heavy atom. The summed E-state index contributed by atoms with van der Waals surface area (Å²) in [5.41, 5.74) is 5.43. The van der Waals surface area contributed by atoms with Crippen LogP contribution in [0.15, 0.2) is 146 Å². The molecule has 46 heavy (non-hydrogen) atoms. The second-order valence-corrected chi connectivity index (χ2v) is 11.9. The molecule has 0 spiro atoms. The Hall–Kier alpha value is -4.14. The van der Waals surface area contributed by atoms with E-state index < -0.39 is 24.4 Å². The van der Waals surface area contributed by atoms with Gasteiger partial charge in [-0.3, -0.25) is 9.80 Å². The number of hydrogen-bond donors (Lipinski definition) is 4. The van der Waals surface area contributed by atoms with Crippen LogP contribution in [-0.2, 0) is 13.1 Å². The van der Waals surface area contributed by atoms with Gasteiger partial charge in [0.15, 0.2) is 0 Å². The molecule has 0 saturated carbocycles. The van der Waals surface area contributed by atoms with E-state index in [-0.39, 0.29) is 0 Å². The van der Waals surface area contributed by atoms with Gasteiger partial charge in [-0.15, -0.1) is 0 Å². The fraction of sp³-hybridized carbons (Fsp3) is 0.250. The second kappa shape index (κ2) is 17.0. The third-order valence-corrected chi connectivity index (χ3v) is 8.27. The summed E-state index contributed by atoms with van der Waals surface area (Å²) in [6.45, 7) is 2.49. The smallest absolute Gasteiger partial charge is 0.0917 e. The Morgan fingerprint density at radius 3 is 0.870 bits per heavy atom. The lowest BCUT2D eigenvalue weighted by molar-refractivity contribution is 0.0640. The molecular weight excluding hydrogens is 572 g/mol. The first-order valence-electron chi connectivity index (χ1n) is 15.9. The molecule has 0 saturated heterocycles. The zero-order valence-electron chi connectivity index (χ0n) is 26.1. The highest BCUT2D eigenvalue weighted by molar-refractivity contribution is 5.25. The second-order valence-electron chi connectivity index (χ2n) is 11.9. The van der Waals surface area contributed by atoms with E-state index in [1.165, 1.54) is 0 Å². The van der Waals surface area contributed by atoms with Gasteiger partial charge in [0.05, 0.1) is 24.4 Å². The molecule has 0 aliphatic rings. The molecule has 4 N–H and O–H groups in total. The minimum Gasteiger partial charge on any atom is -0.387 e. The van der Waals surface area contributed by atoms with E-state index in [0.29, 0.717) is 39.3 Å². The summed E-state index contributed by atoms with van der Waals surface area (Å²) >= 11 is 0. The Balaban J connectivity index is 1.33. The molecule has 0 aliphatic carbocycles. The predicted molar refractivity (Wildman–Crippen MR) is 183 cm³/mol. The van der Waals surface area contributed by atoms with Crippen molar-refractivity contribution in [3.8, 4) is 0 Å². The first kappa shape index (κ1) is 33.2. The van der Waals surface area contributed by atoms with Gasteiger partial charge in [0.25, 0.3) is 0 Å². The summed E-state index contributed by atoms with van der Waals surface area (Å²) in [4.78, 5) is 4.18. The first-order valence-corrected chi connectivity index (χ1v) is 15.9. The van der Waals surface area contributed by atoms with Gasteiger partial charge in [-0.1, -0.05) is 146 Å². The number of rotatable bonds is 16. The first-order chi connectivity index (χ1) is 22.4. The van der Waals surface area contributed by atoms with Crippen molar-refractivity contribution in [3.05, 3.63) is 179 Å². The van der Waals surface area contributed by atoms with Crippen LogP contribution in [0.2, 0.25) is 0 Å². The molecule has 5 aromatic rings. The van der Waals surface area contributed by atoms with Gasteiger partial charge in [-0.25, -0.2) is 0 Å². The van der Waals surface area contributed by atoms with Crippen molar-refractivity contribution >= 4 is 0 Å². The lowest BCUT2D eigenvalue weighted by Gasteiger charge is -2.29. The van der Waals surface area contributed by atoms with Crippen molar-refractivity contribution < 1.29 is 20.4 Å². The van der Waals surface area contributed by atoms with E-state index in [4.69, 9.17) is 0 Å². The van der Waals surface area contributed by atoms with E-state index in [1.54, 1.807) is 0 Å². The van der Waals surface area contributed by atoms with Crippen LogP contribution in [0.25, 0.3) is 0 Å². The fourth-order valence-electron chi connectivity index (χ4n) is 5.85. The highest BCUT2D eigenvalue weighted by Crippen LogP contribution is 2.23. The van der Waals surface area contributed by atoms with Crippen LogP contribution in [0.1, 0.15) is 57.8 Å². The zero-order chi connectivity index (χ0) is 32.1. The van der Waals surface area contributed by atoms with Gasteiger partial charge in [-0.05, 0) is 33.4 Å². The number of nitrogens with zero attached hydrogens (tertiary/aromatic N) is 2. The van der Waals surface area contributed by atoms with Gasteiger partial charge in [0.2, 0.25) is 0 Å². The number of benzene rings is 5. The normalized spacial score (nSPS) is 14.2. The lowest BCUT2D eigenvalue weighted by Crippen LogP contribution is -2.33. The van der Waals surface area contributed by atoms with Crippen molar-refractivity contribution in [1.82, 2.24) is 9.80 Å². The van der Waals surface area contributed by atoms with Crippen LogP contribution in [-0.4, -0.2) is 56.4 Å². The molecule has 0 unspecified atom stereocenters. The van der Waals surface area contributed by atoms with Gasteiger partial charge in [-0.2, -0.15) is 0 Å². The predicted octanol–water partition coefficient (Wildman–Crippen LogP) is 6.23. The van der Waals surface area contributed by atoms with E-state index in [2.05, 4.69) is 28.0 Å². The molecule has 5 rings (SSSR count). The highest BCUT2D eigenvalue weighted by Gasteiger charge is 2.21. The molecule has 0 fully saturated rings. The number of aliphatic hydroxyl groups is 4. The van der Waals surface area contributed by atoms with Crippen LogP contribution in [0.4, 0.5) is 0 Å². The van der Waals surface area contributed by atoms with Crippen LogP contribution >= 0.6 is 0 Å². The molecule has 0 radical (unpaired) electrons. The Labute approximate surface area is 272 Å². The summed E-state index contributed by atoms with van der Waals surface area (Å²) in [5.74, 6) is 0. The molecule has 0 aliphatic heterocycles. The monoisotopic (exact) mass is 616 g/mol. The Bertz CT molecular complexity index is 1360. The number of hydrogen-bond acceptors (Lipinski definition) is 6. The van der Waals surface area contributed by atoms with Gasteiger partial charge in [0.1, 0.15) is 0 Å². The zero-order valence-corrected chi connectivity index (χ0v) is 26.1. The molecule has 4 atom stereocenters. The highest BCUT2D eigenvalue weighted by atomic mass is 16.3. The van der Waals surface area contributed by atoms with E-state index in [9.17, 15) is 20.4 Å². The van der Waals surface area contributed by atoms with Crippen molar-refractivity contribution in [3.63, 3.8) is 0 Å². The molecule has 238 valence electrons. The minimum atomic E-state index is -0.707. The maximum absolute atomic E-state index is 11.1. The molecule has 6 heteroatoms. The largest absolute Gasteiger partial charge is 0.387 e. The molecular formula is C40H44N2O4. The third-order valence-electron chi connectivity index (χ3n) is 8.27. The van der Waals surface area contributed by atoms with Gasteiger partial charge < -0.3 is 20.4 Å². The summed E-state index contributed by atoms with van der Waals surface area (Å²) in [7, 11) is 0. The van der Waals surface area contributed by atoms with Gasteiger partial charge >= 0.3 is 0 Å². The van der Waals surface area contributed by atoms with Crippen LogP contribution in [0.5, 0.6) is 0 Å². The summed E-state index contributed by atoms with van der Waals surface area (Å²) < 4.78 is 0. The molecule has 5 aromatic carbocycles. The van der Waals surface area contributed by atoms with Crippen LogP contribution < -0.4 is 0 Å². The molecule has 0 aromatic heterocycles. The molecule has 0 amide bonds. The third kappa shape index (κ3) is 9.93. The van der Waals surface area contributed by atoms with E-state index in [1.807, 2.05) is 127 Å². The fourth-order valence-corrected chi connectivity index (χ4v) is 5.85. The maximum Gasteiger partial charge on any atom is 0.0917 e. The van der Waals surface area contributed by atoms with Crippen molar-refractivity contribution in [2.75, 3.05) is 26.2 Å². The Kier molecular flexibility index (Phi) is 12.3. The summed E-state index contributed by atoms with van der Waals surface area (Å²) in [6, 6.07) is 46.7. The van der Waals surface area contributed by atoms with Crippen molar-refractivity contribution in [2.45, 2.75) is 37.5 Å². The van der Waals surface area contributed by atoms with Crippen molar-refractivity contribution in [2.24, 2.45) is 0 Å².